The van der Waals surface area contributed by atoms with E-state index in [-0.39, 0.29) is 6.23 Å². The Morgan fingerprint density at radius 3 is 2.06 bits per heavy atom. The Kier molecular flexibility index (Phi) is 4.93. The van der Waals surface area contributed by atoms with E-state index in [1.807, 2.05) is 67.8 Å². The second kappa shape index (κ2) is 8.24. The van der Waals surface area contributed by atoms with Crippen molar-refractivity contribution >= 4 is 46.4 Å². The Balaban J connectivity index is 1.76. The van der Waals surface area contributed by atoms with Crippen molar-refractivity contribution in [1.29, 1.82) is 0 Å². The summed E-state index contributed by atoms with van der Waals surface area (Å²) >= 11 is 0. The minimum Gasteiger partial charge on any atom is -0.362 e. The molecular formula is C28H23N5O. The van der Waals surface area contributed by atoms with E-state index in [1.165, 1.54) is 0 Å². The molecule has 0 fully saturated rings. The van der Waals surface area contributed by atoms with E-state index in [4.69, 9.17) is 14.7 Å². The number of nitrogens with one attached hydrogen (secondary N) is 1. The number of methoxy groups -OCH3 is 1. The molecular weight excluding hydrogens is 422 g/mol. The van der Waals surface area contributed by atoms with Crippen molar-refractivity contribution in [2.45, 2.75) is 13.2 Å². The summed E-state index contributed by atoms with van der Waals surface area (Å²) in [7, 11) is 1.72. The first-order valence-electron chi connectivity index (χ1n) is 11.2. The normalized spacial score (nSPS) is 13.4. The van der Waals surface area contributed by atoms with Crippen LogP contribution in [0.15, 0.2) is 66.9 Å². The number of fused-ring (bicyclic) bond motifs is 8. The van der Waals surface area contributed by atoms with Gasteiger partial charge in [0, 0.05) is 35.4 Å². The van der Waals surface area contributed by atoms with Gasteiger partial charge in [0.15, 0.2) is 0 Å². The fraction of sp³-hybridized carbons (Fsp3) is 0.107. The maximum Gasteiger partial charge on any atom is 0.131 e. The van der Waals surface area contributed by atoms with Crippen LogP contribution in [0.1, 0.15) is 35.9 Å². The predicted molar refractivity (Wildman–Crippen MR) is 137 cm³/mol. The molecule has 0 radical (unpaired) electrons. The van der Waals surface area contributed by atoms with E-state index in [9.17, 15) is 0 Å². The van der Waals surface area contributed by atoms with Crippen LogP contribution >= 0.6 is 0 Å². The maximum atomic E-state index is 5.78. The molecule has 34 heavy (non-hydrogen) atoms. The van der Waals surface area contributed by atoms with Gasteiger partial charge in [0.2, 0.25) is 0 Å². The van der Waals surface area contributed by atoms with Crippen LogP contribution in [-0.4, -0.2) is 31.6 Å². The zero-order chi connectivity index (χ0) is 23.1. The molecule has 6 heterocycles. The molecule has 0 aromatic carbocycles. The first-order chi connectivity index (χ1) is 16.7. The first kappa shape index (κ1) is 20.3. The number of nitrogens with zero attached hydrogens (tertiary/aromatic N) is 4. The molecule has 4 aromatic rings. The Morgan fingerprint density at radius 1 is 0.794 bits per heavy atom. The van der Waals surface area contributed by atoms with Crippen LogP contribution in [0.25, 0.3) is 57.6 Å². The quantitative estimate of drug-likeness (QED) is 0.344. The van der Waals surface area contributed by atoms with Gasteiger partial charge in [0.25, 0.3) is 0 Å². The second-order valence-corrected chi connectivity index (χ2v) is 8.32. The van der Waals surface area contributed by atoms with Crippen LogP contribution in [-0.2, 0) is 4.74 Å². The molecule has 1 unspecified atom stereocenters. The van der Waals surface area contributed by atoms with Crippen molar-refractivity contribution in [3.05, 3.63) is 89.6 Å². The summed E-state index contributed by atoms with van der Waals surface area (Å²) < 4.78 is 7.95. The number of aromatic amines is 1. The number of hydrogen-bond donors (Lipinski definition) is 1. The Labute approximate surface area is 197 Å². The molecule has 0 aliphatic carbocycles. The van der Waals surface area contributed by atoms with Crippen molar-refractivity contribution in [1.82, 2.24) is 24.5 Å². The van der Waals surface area contributed by atoms with Crippen molar-refractivity contribution in [3.8, 4) is 11.3 Å². The largest absolute Gasteiger partial charge is 0.362 e. The molecule has 6 heteroatoms. The lowest BCUT2D eigenvalue weighted by Gasteiger charge is -2.15. The van der Waals surface area contributed by atoms with Crippen LogP contribution < -0.4 is 0 Å². The average molecular weight is 446 g/mol. The summed E-state index contributed by atoms with van der Waals surface area (Å²) in [5, 5.41) is 0. The maximum absolute atomic E-state index is 5.78. The highest BCUT2D eigenvalue weighted by molar-refractivity contribution is 5.87. The molecule has 6 rings (SSSR count). The monoisotopic (exact) mass is 445 g/mol. The van der Waals surface area contributed by atoms with Crippen LogP contribution in [0.2, 0.25) is 0 Å². The van der Waals surface area contributed by atoms with Gasteiger partial charge in [0.1, 0.15) is 6.23 Å². The molecule has 1 N–H and O–H groups in total. The third-order valence-electron chi connectivity index (χ3n) is 6.04. The molecule has 0 spiro atoms. The molecule has 0 amide bonds. The number of hydrogen-bond acceptors (Lipinski definition) is 4. The highest BCUT2D eigenvalue weighted by atomic mass is 16.5. The summed E-state index contributed by atoms with van der Waals surface area (Å²) in [6.07, 6.45) is 9.73. The molecule has 0 saturated carbocycles. The highest BCUT2D eigenvalue weighted by Gasteiger charge is 2.16. The van der Waals surface area contributed by atoms with Gasteiger partial charge >= 0.3 is 0 Å². The average Bonchev–Trinajstić information content (AvgIpc) is 3.64. The zero-order valence-electron chi connectivity index (χ0n) is 18.9. The lowest BCUT2D eigenvalue weighted by Crippen LogP contribution is -2.06. The van der Waals surface area contributed by atoms with Gasteiger partial charge < -0.3 is 14.3 Å². The van der Waals surface area contributed by atoms with E-state index in [0.29, 0.717) is 0 Å². The van der Waals surface area contributed by atoms with Crippen molar-refractivity contribution in [2.75, 3.05) is 7.11 Å². The molecule has 6 nitrogen and oxygen atoms in total. The van der Waals surface area contributed by atoms with E-state index >= 15 is 0 Å². The number of H-pyrrole nitrogens is 1. The third kappa shape index (κ3) is 3.74. The summed E-state index contributed by atoms with van der Waals surface area (Å²) in [5.74, 6) is 0. The van der Waals surface area contributed by atoms with Crippen LogP contribution in [0.5, 0.6) is 0 Å². The van der Waals surface area contributed by atoms with Gasteiger partial charge in [-0.2, -0.15) is 0 Å². The van der Waals surface area contributed by atoms with Crippen molar-refractivity contribution in [3.63, 3.8) is 0 Å². The molecule has 2 aliphatic rings. The third-order valence-corrected chi connectivity index (χ3v) is 6.04. The fourth-order valence-corrected chi connectivity index (χ4v) is 4.38. The predicted octanol–water partition coefficient (Wildman–Crippen LogP) is 6.36. The Bertz CT molecular complexity index is 1610. The standard InChI is InChI=1S/C28H23N5O/c1-18(34-2)33-25-15-23-10-8-21(31-23)13-19-6-7-20(30-19)14-22-9-11-24(32-22)16-28(33)26(17-25)27-5-3-4-12-29-27/h3-18,30H,1-2H3. The van der Waals surface area contributed by atoms with Crippen molar-refractivity contribution < 1.29 is 4.74 Å². The first-order valence-corrected chi connectivity index (χ1v) is 11.2. The van der Waals surface area contributed by atoms with Gasteiger partial charge in [-0.1, -0.05) is 6.07 Å². The van der Waals surface area contributed by atoms with Crippen LogP contribution in [0.3, 0.4) is 0 Å². The van der Waals surface area contributed by atoms with Gasteiger partial charge in [-0.05, 0) is 85.8 Å². The highest BCUT2D eigenvalue weighted by Crippen LogP contribution is 2.32. The molecule has 4 aromatic heterocycles. The molecule has 8 bridgehead atoms. The molecule has 0 saturated heterocycles. The SMILES string of the molecule is COC(C)n1c2cc3nc(cc4ccc(cc5nc(cc1c(-c1ccccn1)c2)C=C5)[nH]4)C=C3. The number of rotatable bonds is 3. The van der Waals surface area contributed by atoms with Crippen LogP contribution in [0, 0.1) is 0 Å². The summed E-state index contributed by atoms with van der Waals surface area (Å²) in [6, 6.07) is 20.5. The van der Waals surface area contributed by atoms with E-state index in [1.54, 1.807) is 7.11 Å². The smallest absolute Gasteiger partial charge is 0.131 e. The zero-order valence-corrected chi connectivity index (χ0v) is 18.9. The summed E-state index contributed by atoms with van der Waals surface area (Å²) in [6.45, 7) is 2.03. The minimum atomic E-state index is -0.203. The number of aromatic nitrogens is 5. The summed E-state index contributed by atoms with van der Waals surface area (Å²) in [5.41, 5.74) is 9.41. The van der Waals surface area contributed by atoms with Crippen LogP contribution in [0.4, 0.5) is 0 Å². The molecule has 166 valence electrons. The number of pyridine rings is 1. The van der Waals surface area contributed by atoms with Crippen molar-refractivity contribution in [2.24, 2.45) is 0 Å². The van der Waals surface area contributed by atoms with Gasteiger partial charge in [-0.25, -0.2) is 9.97 Å². The van der Waals surface area contributed by atoms with E-state index < -0.39 is 0 Å². The van der Waals surface area contributed by atoms with Gasteiger partial charge in [-0.3, -0.25) is 4.98 Å². The van der Waals surface area contributed by atoms with E-state index in [2.05, 4.69) is 44.9 Å². The van der Waals surface area contributed by atoms with Gasteiger partial charge in [0.05, 0.1) is 34.0 Å². The Morgan fingerprint density at radius 2 is 1.44 bits per heavy atom. The molecule has 2 aliphatic heterocycles. The second-order valence-electron chi connectivity index (χ2n) is 8.32. The summed E-state index contributed by atoms with van der Waals surface area (Å²) in [4.78, 5) is 17.7. The Hall–Kier alpha value is -4.29. The minimum absolute atomic E-state index is 0.203. The van der Waals surface area contributed by atoms with Gasteiger partial charge in [-0.15, -0.1) is 0 Å². The molecule has 1 atom stereocenters. The topological polar surface area (TPSA) is 68.6 Å². The lowest BCUT2D eigenvalue weighted by molar-refractivity contribution is 0.0674. The number of ether oxygens (including phenoxy) is 1. The fourth-order valence-electron chi connectivity index (χ4n) is 4.38. The van der Waals surface area contributed by atoms with E-state index in [0.717, 1.165) is 56.1 Å². The lowest BCUT2D eigenvalue weighted by atomic mass is 10.1.